The normalized spacial score (nSPS) is 18.2. The average Bonchev–Trinajstić information content (AvgIpc) is 2.83. The monoisotopic (exact) mass is 209 g/mol. The molecule has 14 heavy (non-hydrogen) atoms. The molecule has 1 N–H and O–H groups in total. The number of hydrogen-bond acceptors (Lipinski definition) is 1. The van der Waals surface area contributed by atoms with Crippen LogP contribution in [0.15, 0.2) is 18.2 Å². The molecule has 2 heteroatoms. The van der Waals surface area contributed by atoms with Crippen molar-refractivity contribution in [2.45, 2.75) is 38.8 Å². The summed E-state index contributed by atoms with van der Waals surface area (Å²) in [4.78, 5) is 0. The molecule has 0 heterocycles. The van der Waals surface area contributed by atoms with Crippen molar-refractivity contribution >= 4 is 11.6 Å². The Morgan fingerprint density at radius 2 is 2.14 bits per heavy atom. The number of nitrogens with one attached hydrogen (secondary N) is 1. The molecular formula is C12H16ClN. The smallest absolute Gasteiger partial charge is 0.0453 e. The van der Waals surface area contributed by atoms with E-state index in [4.69, 9.17) is 11.6 Å². The molecule has 76 valence electrons. The van der Waals surface area contributed by atoms with E-state index in [2.05, 4.69) is 31.3 Å². The first-order chi connectivity index (χ1) is 6.59. The quantitative estimate of drug-likeness (QED) is 0.806. The molecule has 0 unspecified atom stereocenters. The van der Waals surface area contributed by atoms with Gasteiger partial charge in [-0.25, -0.2) is 0 Å². The zero-order valence-electron chi connectivity index (χ0n) is 8.73. The predicted octanol–water partition coefficient (Wildman–Crippen LogP) is 3.29. The van der Waals surface area contributed by atoms with Gasteiger partial charge in [-0.3, -0.25) is 0 Å². The number of aryl methyl sites for hydroxylation is 1. The molecule has 1 nitrogen and oxygen atoms in total. The van der Waals surface area contributed by atoms with E-state index >= 15 is 0 Å². The van der Waals surface area contributed by atoms with Crippen molar-refractivity contribution in [2.75, 3.05) is 0 Å². The summed E-state index contributed by atoms with van der Waals surface area (Å²) in [6.07, 6.45) is 2.58. The fourth-order valence-electron chi connectivity index (χ4n) is 1.47. The summed E-state index contributed by atoms with van der Waals surface area (Å²) in [5.41, 5.74) is 2.80. The van der Waals surface area contributed by atoms with Gasteiger partial charge in [0.05, 0.1) is 0 Å². The third-order valence-corrected chi connectivity index (χ3v) is 3.27. The van der Waals surface area contributed by atoms with Crippen LogP contribution in [0.2, 0.25) is 5.02 Å². The molecule has 1 fully saturated rings. The summed E-state index contributed by atoms with van der Waals surface area (Å²) < 4.78 is 0. The summed E-state index contributed by atoms with van der Waals surface area (Å²) >= 11 is 6.14. The Balaban J connectivity index is 2.02. The van der Waals surface area contributed by atoms with Crippen LogP contribution in [0.1, 0.15) is 30.9 Å². The molecule has 0 amide bonds. The van der Waals surface area contributed by atoms with Gasteiger partial charge in [0.15, 0.2) is 0 Å². The minimum Gasteiger partial charge on any atom is -0.307 e. The summed E-state index contributed by atoms with van der Waals surface area (Å²) in [5.74, 6) is 0. The van der Waals surface area contributed by atoms with E-state index in [1.165, 1.54) is 24.0 Å². The summed E-state index contributed by atoms with van der Waals surface area (Å²) in [5, 5.41) is 4.40. The fraction of sp³-hybridized carbons (Fsp3) is 0.500. The van der Waals surface area contributed by atoms with Gasteiger partial charge in [-0.2, -0.15) is 0 Å². The van der Waals surface area contributed by atoms with Gasteiger partial charge >= 0.3 is 0 Å². The van der Waals surface area contributed by atoms with Crippen LogP contribution in [-0.4, -0.2) is 5.54 Å². The molecule has 1 aliphatic carbocycles. The van der Waals surface area contributed by atoms with Crippen molar-refractivity contribution in [3.05, 3.63) is 34.3 Å². The van der Waals surface area contributed by atoms with E-state index in [-0.39, 0.29) is 0 Å². The standard InChI is InChI=1S/C12H16ClN/c1-9-3-4-10(11(13)7-9)8-14-12(2)5-6-12/h3-4,7,14H,5-6,8H2,1-2H3. The highest BCUT2D eigenvalue weighted by Crippen LogP contribution is 2.34. The van der Waals surface area contributed by atoms with Crippen molar-refractivity contribution in [1.29, 1.82) is 0 Å². The lowest BCUT2D eigenvalue weighted by atomic mass is 10.1. The Kier molecular flexibility index (Phi) is 2.54. The van der Waals surface area contributed by atoms with Gasteiger partial charge in [0, 0.05) is 17.1 Å². The Bertz CT molecular complexity index is 342. The lowest BCUT2D eigenvalue weighted by molar-refractivity contribution is 0.538. The van der Waals surface area contributed by atoms with Crippen LogP contribution in [0.25, 0.3) is 0 Å². The van der Waals surface area contributed by atoms with Crippen LogP contribution in [0.4, 0.5) is 0 Å². The molecule has 1 saturated carbocycles. The van der Waals surface area contributed by atoms with E-state index in [1.54, 1.807) is 0 Å². The van der Waals surface area contributed by atoms with Crippen molar-refractivity contribution in [3.8, 4) is 0 Å². The highest BCUT2D eigenvalue weighted by atomic mass is 35.5. The maximum absolute atomic E-state index is 6.14. The van der Waals surface area contributed by atoms with Gasteiger partial charge < -0.3 is 5.32 Å². The molecule has 1 aliphatic rings. The minimum absolute atomic E-state index is 0.383. The van der Waals surface area contributed by atoms with Crippen LogP contribution < -0.4 is 5.32 Å². The second-order valence-electron chi connectivity index (χ2n) is 4.51. The van der Waals surface area contributed by atoms with Gasteiger partial charge in [0.25, 0.3) is 0 Å². The van der Waals surface area contributed by atoms with Gasteiger partial charge in [0.1, 0.15) is 0 Å². The number of benzene rings is 1. The van der Waals surface area contributed by atoms with Crippen molar-refractivity contribution in [2.24, 2.45) is 0 Å². The summed E-state index contributed by atoms with van der Waals surface area (Å²) in [6.45, 7) is 5.20. The van der Waals surface area contributed by atoms with E-state index < -0.39 is 0 Å². The molecule has 0 bridgehead atoms. The Morgan fingerprint density at radius 1 is 1.43 bits per heavy atom. The first kappa shape index (κ1) is 10.0. The second-order valence-corrected chi connectivity index (χ2v) is 4.92. The SMILES string of the molecule is Cc1ccc(CNC2(C)CC2)c(Cl)c1. The molecule has 0 aromatic heterocycles. The largest absolute Gasteiger partial charge is 0.307 e. The van der Waals surface area contributed by atoms with Crippen LogP contribution in [0, 0.1) is 6.92 Å². The lowest BCUT2D eigenvalue weighted by Crippen LogP contribution is -2.27. The molecule has 0 radical (unpaired) electrons. The van der Waals surface area contributed by atoms with Crippen LogP contribution in [-0.2, 0) is 6.54 Å². The second kappa shape index (κ2) is 3.56. The number of halogens is 1. The van der Waals surface area contributed by atoms with E-state index in [0.717, 1.165) is 11.6 Å². The first-order valence-electron chi connectivity index (χ1n) is 5.09. The zero-order chi connectivity index (χ0) is 10.2. The van der Waals surface area contributed by atoms with Crippen LogP contribution >= 0.6 is 11.6 Å². The molecule has 0 spiro atoms. The van der Waals surface area contributed by atoms with Gasteiger partial charge in [0.2, 0.25) is 0 Å². The minimum atomic E-state index is 0.383. The van der Waals surface area contributed by atoms with Gasteiger partial charge in [-0.15, -0.1) is 0 Å². The van der Waals surface area contributed by atoms with Gasteiger partial charge in [-0.05, 0) is 43.9 Å². The molecule has 0 atom stereocenters. The third kappa shape index (κ3) is 2.28. The molecular weight excluding hydrogens is 194 g/mol. The van der Waals surface area contributed by atoms with Gasteiger partial charge in [-0.1, -0.05) is 23.7 Å². The maximum atomic E-state index is 6.14. The Hall–Kier alpha value is -0.530. The van der Waals surface area contributed by atoms with Crippen molar-refractivity contribution in [1.82, 2.24) is 5.32 Å². The Morgan fingerprint density at radius 3 is 2.71 bits per heavy atom. The lowest BCUT2D eigenvalue weighted by Gasteiger charge is -2.12. The van der Waals surface area contributed by atoms with Crippen LogP contribution in [0.3, 0.4) is 0 Å². The molecule has 0 aliphatic heterocycles. The number of rotatable bonds is 3. The molecule has 2 rings (SSSR count). The molecule has 1 aromatic rings. The summed E-state index contributed by atoms with van der Waals surface area (Å²) in [7, 11) is 0. The van der Waals surface area contributed by atoms with Crippen LogP contribution in [0.5, 0.6) is 0 Å². The van der Waals surface area contributed by atoms with E-state index in [0.29, 0.717) is 5.54 Å². The average molecular weight is 210 g/mol. The predicted molar refractivity (Wildman–Crippen MR) is 60.7 cm³/mol. The third-order valence-electron chi connectivity index (χ3n) is 2.91. The van der Waals surface area contributed by atoms with Crippen molar-refractivity contribution < 1.29 is 0 Å². The zero-order valence-corrected chi connectivity index (χ0v) is 9.49. The summed E-state index contributed by atoms with van der Waals surface area (Å²) in [6, 6.07) is 6.24. The molecule has 0 saturated heterocycles. The highest BCUT2D eigenvalue weighted by molar-refractivity contribution is 6.31. The fourth-order valence-corrected chi connectivity index (χ4v) is 1.77. The topological polar surface area (TPSA) is 12.0 Å². The maximum Gasteiger partial charge on any atom is 0.0453 e. The highest BCUT2D eigenvalue weighted by Gasteiger charge is 2.36. The first-order valence-corrected chi connectivity index (χ1v) is 5.47. The number of hydrogen-bond donors (Lipinski definition) is 1. The Labute approximate surface area is 90.5 Å². The van der Waals surface area contributed by atoms with Crippen molar-refractivity contribution in [3.63, 3.8) is 0 Å². The van der Waals surface area contributed by atoms with E-state index in [9.17, 15) is 0 Å². The van der Waals surface area contributed by atoms with E-state index in [1.807, 2.05) is 6.07 Å². The molecule has 1 aromatic carbocycles.